The SMILES string of the molecule is CC(C)(C)c1cc2cc[nH]c2nc1OCC1COCCO1. The van der Waals surface area contributed by atoms with Crippen molar-refractivity contribution in [2.75, 3.05) is 26.4 Å². The van der Waals surface area contributed by atoms with Crippen molar-refractivity contribution in [2.24, 2.45) is 0 Å². The third-order valence-corrected chi connectivity index (χ3v) is 3.60. The molecule has 2 aromatic rings. The van der Waals surface area contributed by atoms with Gasteiger partial charge in [0, 0.05) is 17.1 Å². The number of rotatable bonds is 3. The molecule has 1 unspecified atom stereocenters. The van der Waals surface area contributed by atoms with Gasteiger partial charge in [-0.2, -0.15) is 4.98 Å². The number of aromatic amines is 1. The van der Waals surface area contributed by atoms with E-state index in [1.807, 2.05) is 12.3 Å². The van der Waals surface area contributed by atoms with Crippen LogP contribution in [0, 0.1) is 0 Å². The molecule has 1 fully saturated rings. The Labute approximate surface area is 124 Å². The van der Waals surface area contributed by atoms with Gasteiger partial charge in [-0.25, -0.2) is 0 Å². The number of nitrogens with zero attached hydrogens (tertiary/aromatic N) is 1. The van der Waals surface area contributed by atoms with Crippen molar-refractivity contribution in [1.29, 1.82) is 0 Å². The molecule has 0 bridgehead atoms. The summed E-state index contributed by atoms with van der Waals surface area (Å²) in [6.45, 7) is 8.82. The van der Waals surface area contributed by atoms with Crippen molar-refractivity contribution in [3.8, 4) is 5.88 Å². The fourth-order valence-corrected chi connectivity index (χ4v) is 2.42. The Bertz CT molecular complexity index is 609. The molecule has 1 aliphatic heterocycles. The highest BCUT2D eigenvalue weighted by Gasteiger charge is 2.23. The summed E-state index contributed by atoms with van der Waals surface area (Å²) in [5, 5.41) is 1.10. The summed E-state index contributed by atoms with van der Waals surface area (Å²) in [5.74, 6) is 0.673. The largest absolute Gasteiger partial charge is 0.475 e. The molecule has 0 aliphatic carbocycles. The fourth-order valence-electron chi connectivity index (χ4n) is 2.42. The molecule has 3 rings (SSSR count). The average molecular weight is 290 g/mol. The maximum Gasteiger partial charge on any atom is 0.219 e. The minimum absolute atomic E-state index is 0.0206. The van der Waals surface area contributed by atoms with Crippen molar-refractivity contribution >= 4 is 11.0 Å². The summed E-state index contributed by atoms with van der Waals surface area (Å²) in [6.07, 6.45) is 1.87. The second-order valence-corrected chi connectivity index (χ2v) is 6.39. The molecule has 1 saturated heterocycles. The lowest BCUT2D eigenvalue weighted by Crippen LogP contribution is -2.33. The van der Waals surface area contributed by atoms with E-state index in [-0.39, 0.29) is 11.5 Å². The highest BCUT2D eigenvalue weighted by molar-refractivity contribution is 5.77. The van der Waals surface area contributed by atoms with E-state index < -0.39 is 0 Å². The van der Waals surface area contributed by atoms with Crippen LogP contribution in [0.5, 0.6) is 5.88 Å². The lowest BCUT2D eigenvalue weighted by molar-refractivity contribution is -0.102. The normalized spacial score (nSPS) is 19.9. The third kappa shape index (κ3) is 3.19. The lowest BCUT2D eigenvalue weighted by atomic mass is 9.87. The van der Waals surface area contributed by atoms with Gasteiger partial charge in [0.15, 0.2) is 0 Å². The van der Waals surface area contributed by atoms with Gasteiger partial charge in [0.05, 0.1) is 19.8 Å². The highest BCUT2D eigenvalue weighted by atomic mass is 16.6. The van der Waals surface area contributed by atoms with Gasteiger partial charge in [0.1, 0.15) is 18.4 Å². The molecule has 0 spiro atoms. The zero-order valence-electron chi connectivity index (χ0n) is 12.8. The second kappa shape index (κ2) is 5.66. The Balaban J connectivity index is 1.84. The number of H-pyrrole nitrogens is 1. The lowest BCUT2D eigenvalue weighted by Gasteiger charge is -2.25. The summed E-state index contributed by atoms with van der Waals surface area (Å²) < 4.78 is 17.0. The van der Waals surface area contributed by atoms with E-state index >= 15 is 0 Å². The van der Waals surface area contributed by atoms with Crippen LogP contribution in [-0.2, 0) is 14.9 Å². The van der Waals surface area contributed by atoms with E-state index in [2.05, 4.69) is 36.8 Å². The van der Waals surface area contributed by atoms with Gasteiger partial charge >= 0.3 is 0 Å². The van der Waals surface area contributed by atoms with Crippen LogP contribution in [0.25, 0.3) is 11.0 Å². The molecule has 21 heavy (non-hydrogen) atoms. The smallest absolute Gasteiger partial charge is 0.219 e. The molecular weight excluding hydrogens is 268 g/mol. The summed E-state index contributed by atoms with van der Waals surface area (Å²) >= 11 is 0. The molecule has 0 aromatic carbocycles. The van der Waals surface area contributed by atoms with Gasteiger partial charge in [-0.1, -0.05) is 20.8 Å². The Hall–Kier alpha value is -1.59. The number of pyridine rings is 1. The quantitative estimate of drug-likeness (QED) is 0.944. The van der Waals surface area contributed by atoms with Gasteiger partial charge < -0.3 is 19.2 Å². The van der Waals surface area contributed by atoms with E-state index in [0.29, 0.717) is 32.3 Å². The minimum atomic E-state index is -0.0300. The zero-order valence-corrected chi connectivity index (χ0v) is 12.8. The van der Waals surface area contributed by atoms with Crippen molar-refractivity contribution in [3.63, 3.8) is 0 Å². The van der Waals surface area contributed by atoms with Crippen LogP contribution in [0.1, 0.15) is 26.3 Å². The number of hydrogen-bond acceptors (Lipinski definition) is 4. The average Bonchev–Trinajstić information content (AvgIpc) is 2.91. The minimum Gasteiger partial charge on any atom is -0.475 e. The first kappa shape index (κ1) is 14.4. The number of fused-ring (bicyclic) bond motifs is 1. The van der Waals surface area contributed by atoms with Crippen LogP contribution in [0.3, 0.4) is 0 Å². The highest BCUT2D eigenvalue weighted by Crippen LogP contribution is 2.32. The summed E-state index contributed by atoms with van der Waals surface area (Å²) in [5.41, 5.74) is 1.92. The van der Waals surface area contributed by atoms with Gasteiger partial charge in [-0.3, -0.25) is 0 Å². The van der Waals surface area contributed by atoms with Gasteiger partial charge in [-0.05, 0) is 17.5 Å². The maximum absolute atomic E-state index is 5.94. The Morgan fingerprint density at radius 2 is 2.24 bits per heavy atom. The van der Waals surface area contributed by atoms with Crippen LogP contribution < -0.4 is 4.74 Å². The zero-order chi connectivity index (χ0) is 14.9. The second-order valence-electron chi connectivity index (χ2n) is 6.39. The summed E-state index contributed by atoms with van der Waals surface area (Å²) in [7, 11) is 0. The number of nitrogens with one attached hydrogen (secondary N) is 1. The summed E-state index contributed by atoms with van der Waals surface area (Å²) in [6, 6.07) is 4.17. The van der Waals surface area contributed by atoms with E-state index in [1.54, 1.807) is 0 Å². The monoisotopic (exact) mass is 290 g/mol. The molecule has 5 heteroatoms. The Morgan fingerprint density at radius 1 is 1.38 bits per heavy atom. The van der Waals surface area contributed by atoms with E-state index in [1.165, 1.54) is 0 Å². The van der Waals surface area contributed by atoms with E-state index in [0.717, 1.165) is 16.6 Å². The van der Waals surface area contributed by atoms with Crippen LogP contribution in [-0.4, -0.2) is 42.5 Å². The number of hydrogen-bond donors (Lipinski definition) is 1. The molecule has 1 aliphatic rings. The number of aromatic nitrogens is 2. The van der Waals surface area contributed by atoms with Crippen LogP contribution in [0.2, 0.25) is 0 Å². The first-order chi connectivity index (χ1) is 10.0. The van der Waals surface area contributed by atoms with Crippen molar-refractivity contribution in [2.45, 2.75) is 32.3 Å². The molecule has 1 atom stereocenters. The summed E-state index contributed by atoms with van der Waals surface area (Å²) in [4.78, 5) is 7.74. The van der Waals surface area contributed by atoms with Gasteiger partial charge in [0.25, 0.3) is 0 Å². The van der Waals surface area contributed by atoms with Gasteiger partial charge in [-0.15, -0.1) is 0 Å². The molecule has 3 heterocycles. The van der Waals surface area contributed by atoms with Crippen molar-refractivity contribution in [1.82, 2.24) is 9.97 Å². The Morgan fingerprint density at radius 3 is 2.95 bits per heavy atom. The molecule has 0 radical (unpaired) electrons. The van der Waals surface area contributed by atoms with E-state index in [9.17, 15) is 0 Å². The molecule has 0 amide bonds. The van der Waals surface area contributed by atoms with Crippen LogP contribution in [0.15, 0.2) is 18.3 Å². The first-order valence-electron chi connectivity index (χ1n) is 7.35. The molecular formula is C16H22N2O3. The molecule has 0 saturated carbocycles. The Kier molecular flexibility index (Phi) is 3.87. The van der Waals surface area contributed by atoms with Crippen LogP contribution in [0.4, 0.5) is 0 Å². The standard InChI is InChI=1S/C16H22N2O3/c1-16(2,3)13-8-11-4-5-17-14(11)18-15(13)21-10-12-9-19-6-7-20-12/h4-5,8,12H,6-7,9-10H2,1-3H3,(H,17,18). The van der Waals surface area contributed by atoms with Crippen molar-refractivity contribution < 1.29 is 14.2 Å². The van der Waals surface area contributed by atoms with Crippen molar-refractivity contribution in [3.05, 3.63) is 23.9 Å². The maximum atomic E-state index is 5.94. The topological polar surface area (TPSA) is 56.4 Å². The molecule has 2 aromatic heterocycles. The molecule has 114 valence electrons. The molecule has 5 nitrogen and oxygen atoms in total. The van der Waals surface area contributed by atoms with Gasteiger partial charge in [0.2, 0.25) is 5.88 Å². The molecule has 1 N–H and O–H groups in total. The number of ether oxygens (including phenoxy) is 3. The predicted octanol–water partition coefficient (Wildman–Crippen LogP) is 2.65. The third-order valence-electron chi connectivity index (χ3n) is 3.60. The fraction of sp³-hybridized carbons (Fsp3) is 0.562. The predicted molar refractivity (Wildman–Crippen MR) is 80.8 cm³/mol. The first-order valence-corrected chi connectivity index (χ1v) is 7.35. The van der Waals surface area contributed by atoms with Crippen LogP contribution >= 0.6 is 0 Å². The van der Waals surface area contributed by atoms with E-state index in [4.69, 9.17) is 14.2 Å².